The number of aliphatic carboxylic acids is 1. The van der Waals surface area contributed by atoms with Crippen LogP contribution >= 0.6 is 0 Å². The summed E-state index contributed by atoms with van der Waals surface area (Å²) in [4.78, 5) is 23.1. The number of rotatable bonds is 9. The highest BCUT2D eigenvalue weighted by atomic mass is 16.5. The molecule has 0 unspecified atom stereocenters. The molecule has 0 fully saturated rings. The van der Waals surface area contributed by atoms with Crippen LogP contribution in [0.15, 0.2) is 18.2 Å². The van der Waals surface area contributed by atoms with Gasteiger partial charge in [0.15, 0.2) is 0 Å². The number of benzene rings is 1. The minimum Gasteiger partial charge on any atom is -0.544 e. The predicted molar refractivity (Wildman–Crippen MR) is 80.1 cm³/mol. The summed E-state index contributed by atoms with van der Waals surface area (Å²) in [5.41, 5.74) is 0.379. The highest BCUT2D eigenvalue weighted by Crippen LogP contribution is 2.28. The van der Waals surface area contributed by atoms with E-state index in [1.807, 2.05) is 0 Å². The molecule has 8 nitrogen and oxygen atoms in total. The number of methoxy groups -OCH3 is 2. The Morgan fingerprint density at radius 3 is 2.57 bits per heavy atom. The number of anilines is 1. The average molecular weight is 326 g/mol. The van der Waals surface area contributed by atoms with E-state index in [1.54, 1.807) is 18.2 Å². The van der Waals surface area contributed by atoms with Gasteiger partial charge in [0.25, 0.3) is 0 Å². The van der Waals surface area contributed by atoms with Crippen molar-refractivity contribution in [3.8, 4) is 11.5 Å². The normalized spacial score (nSPS) is 13.0. The smallest absolute Gasteiger partial charge is 0.230 e. The summed E-state index contributed by atoms with van der Waals surface area (Å²) in [7, 11) is 2.95. The van der Waals surface area contributed by atoms with Crippen molar-refractivity contribution in [2.75, 3.05) is 26.1 Å². The first-order valence-electron chi connectivity index (χ1n) is 7.11. The summed E-state index contributed by atoms with van der Waals surface area (Å²) < 4.78 is 10.2. The maximum atomic E-state index is 12.1. The number of hydrogen-bond donors (Lipinski definition) is 3. The molecule has 1 amide bonds. The lowest BCUT2D eigenvalue weighted by atomic mass is 10.2. The second kappa shape index (κ2) is 8.96. The zero-order valence-electron chi connectivity index (χ0n) is 13.4. The summed E-state index contributed by atoms with van der Waals surface area (Å²) >= 11 is 0. The van der Waals surface area contributed by atoms with Crippen LogP contribution in [-0.4, -0.2) is 49.9 Å². The molecule has 0 saturated heterocycles. The summed E-state index contributed by atoms with van der Waals surface area (Å²) in [5.74, 6) is -0.915. The number of amides is 1. The van der Waals surface area contributed by atoms with Gasteiger partial charge in [-0.3, -0.25) is 4.79 Å². The highest BCUT2D eigenvalue weighted by molar-refractivity contribution is 5.94. The second-order valence-electron chi connectivity index (χ2n) is 5.06. The Labute approximate surface area is 134 Å². The molecule has 0 radical (unpaired) electrons. The SMILES string of the molecule is COc1ccc(OC)c(NC(=O)C[C@@H]([NH2+]C[C@H](C)O)C(=O)[O-])c1. The Bertz CT molecular complexity index is 547. The van der Waals surface area contributed by atoms with Crippen molar-refractivity contribution in [3.05, 3.63) is 18.2 Å². The molecule has 0 aliphatic rings. The number of carboxylic acids is 1. The molecule has 0 heterocycles. The second-order valence-corrected chi connectivity index (χ2v) is 5.06. The van der Waals surface area contributed by atoms with E-state index in [9.17, 15) is 19.8 Å². The molecular weight excluding hydrogens is 304 g/mol. The molecule has 0 spiro atoms. The summed E-state index contributed by atoms with van der Waals surface area (Å²) in [5, 5.41) is 24.2. The standard InChI is InChI=1S/C15H22N2O6/c1-9(18)8-16-12(15(20)21)7-14(19)17-11-6-10(22-2)4-5-13(11)23-3/h4-6,9,12,16,18H,7-8H2,1-3H3,(H,17,19)(H,20,21)/t9-,12+/m0/s1. The maximum absolute atomic E-state index is 12.1. The molecule has 1 rings (SSSR count). The first-order chi connectivity index (χ1) is 10.9. The molecule has 8 heteroatoms. The van der Waals surface area contributed by atoms with Crippen LogP contribution in [0, 0.1) is 0 Å². The molecule has 1 aromatic rings. The third kappa shape index (κ3) is 6.13. The Morgan fingerprint density at radius 2 is 2.04 bits per heavy atom. The molecule has 0 aliphatic heterocycles. The molecular formula is C15H22N2O6. The predicted octanol–water partition coefficient (Wildman–Crippen LogP) is -1.90. The van der Waals surface area contributed by atoms with Crippen LogP contribution in [0.5, 0.6) is 11.5 Å². The number of nitrogens with one attached hydrogen (secondary N) is 1. The minimum absolute atomic E-state index is 0.161. The van der Waals surface area contributed by atoms with Gasteiger partial charge in [-0.15, -0.1) is 0 Å². The van der Waals surface area contributed by atoms with Crippen LogP contribution in [0.4, 0.5) is 5.69 Å². The molecule has 0 bridgehead atoms. The Kier molecular flexibility index (Phi) is 7.30. The third-order valence-corrected chi connectivity index (χ3v) is 3.15. The highest BCUT2D eigenvalue weighted by Gasteiger charge is 2.20. The number of aliphatic hydroxyl groups excluding tert-OH is 1. The average Bonchev–Trinajstić information content (AvgIpc) is 2.50. The van der Waals surface area contributed by atoms with Gasteiger partial charge >= 0.3 is 0 Å². The zero-order chi connectivity index (χ0) is 17.4. The lowest BCUT2D eigenvalue weighted by molar-refractivity contribution is -0.687. The van der Waals surface area contributed by atoms with Crippen molar-refractivity contribution >= 4 is 17.6 Å². The lowest BCUT2D eigenvalue weighted by Gasteiger charge is -2.18. The number of carbonyl (C=O) groups excluding carboxylic acids is 2. The van der Waals surface area contributed by atoms with Gasteiger partial charge in [-0.1, -0.05) is 0 Å². The Balaban J connectivity index is 2.75. The van der Waals surface area contributed by atoms with Crippen molar-refractivity contribution < 1.29 is 34.6 Å². The number of quaternary nitrogens is 1. The van der Waals surface area contributed by atoms with Gasteiger partial charge in [0.05, 0.1) is 38.4 Å². The lowest BCUT2D eigenvalue weighted by Crippen LogP contribution is -2.94. The van der Waals surface area contributed by atoms with E-state index in [1.165, 1.54) is 26.5 Å². The summed E-state index contributed by atoms with van der Waals surface area (Å²) in [6, 6.07) is 3.80. The summed E-state index contributed by atoms with van der Waals surface area (Å²) in [6.45, 7) is 1.69. The van der Waals surface area contributed by atoms with Crippen molar-refractivity contribution in [2.24, 2.45) is 0 Å². The fraction of sp³-hybridized carbons (Fsp3) is 0.467. The van der Waals surface area contributed by atoms with Gasteiger partial charge in [0.2, 0.25) is 5.91 Å². The Hall–Kier alpha value is -2.32. The largest absolute Gasteiger partial charge is 0.544 e. The van der Waals surface area contributed by atoms with Gasteiger partial charge < -0.3 is 35.1 Å². The number of nitrogens with two attached hydrogens (primary N) is 1. The number of carboxylic acid groups (broad SMARTS) is 1. The van der Waals surface area contributed by atoms with E-state index in [2.05, 4.69) is 5.32 Å². The van der Waals surface area contributed by atoms with Crippen molar-refractivity contribution in [2.45, 2.75) is 25.5 Å². The van der Waals surface area contributed by atoms with E-state index in [0.717, 1.165) is 0 Å². The molecule has 128 valence electrons. The minimum atomic E-state index is -1.36. The number of aliphatic hydroxyl groups is 1. The van der Waals surface area contributed by atoms with E-state index in [-0.39, 0.29) is 13.0 Å². The molecule has 4 N–H and O–H groups in total. The van der Waals surface area contributed by atoms with Crippen LogP contribution < -0.4 is 25.2 Å². The molecule has 1 aromatic carbocycles. The van der Waals surface area contributed by atoms with E-state index in [4.69, 9.17) is 9.47 Å². The van der Waals surface area contributed by atoms with Gasteiger partial charge in [-0.05, 0) is 19.1 Å². The first-order valence-corrected chi connectivity index (χ1v) is 7.11. The van der Waals surface area contributed by atoms with Crippen molar-refractivity contribution in [1.82, 2.24) is 0 Å². The van der Waals surface area contributed by atoms with Crippen LogP contribution in [-0.2, 0) is 9.59 Å². The molecule has 23 heavy (non-hydrogen) atoms. The maximum Gasteiger partial charge on any atom is 0.230 e. The van der Waals surface area contributed by atoms with Gasteiger partial charge in [-0.2, -0.15) is 0 Å². The van der Waals surface area contributed by atoms with E-state index >= 15 is 0 Å². The molecule has 0 aliphatic carbocycles. The van der Waals surface area contributed by atoms with Crippen molar-refractivity contribution in [3.63, 3.8) is 0 Å². The van der Waals surface area contributed by atoms with E-state index < -0.39 is 24.0 Å². The Morgan fingerprint density at radius 1 is 1.35 bits per heavy atom. The van der Waals surface area contributed by atoms with Gasteiger partial charge in [0, 0.05) is 6.07 Å². The quantitative estimate of drug-likeness (QED) is 0.487. The topological polar surface area (TPSA) is 125 Å². The molecule has 0 aromatic heterocycles. The third-order valence-electron chi connectivity index (χ3n) is 3.15. The van der Waals surface area contributed by atoms with Gasteiger partial charge in [-0.25, -0.2) is 0 Å². The van der Waals surface area contributed by atoms with Crippen LogP contribution in [0.1, 0.15) is 13.3 Å². The van der Waals surface area contributed by atoms with Gasteiger partial charge in [0.1, 0.15) is 24.1 Å². The molecule has 2 atom stereocenters. The monoisotopic (exact) mass is 326 g/mol. The van der Waals surface area contributed by atoms with Crippen molar-refractivity contribution in [1.29, 1.82) is 0 Å². The van der Waals surface area contributed by atoms with Crippen LogP contribution in [0.25, 0.3) is 0 Å². The first kappa shape index (κ1) is 18.7. The fourth-order valence-electron chi connectivity index (χ4n) is 1.94. The molecule has 0 saturated carbocycles. The number of carbonyl (C=O) groups is 2. The van der Waals surface area contributed by atoms with Crippen LogP contribution in [0.3, 0.4) is 0 Å². The number of ether oxygens (including phenoxy) is 2. The van der Waals surface area contributed by atoms with E-state index in [0.29, 0.717) is 17.2 Å². The zero-order valence-corrected chi connectivity index (χ0v) is 13.4. The fourth-order valence-corrected chi connectivity index (χ4v) is 1.94. The van der Waals surface area contributed by atoms with Crippen LogP contribution in [0.2, 0.25) is 0 Å². The number of hydrogen-bond acceptors (Lipinski definition) is 6. The summed E-state index contributed by atoms with van der Waals surface area (Å²) in [6.07, 6.45) is -0.978.